The molecule has 8 heteroatoms. The standard InChI is InChI=1S/C31H36N4O3S/c1-21(2)39(37,38)34-26-13-14-28-27(19-26)29(31(36)33-28)30(24-7-5-4-6-8-24)32-25-11-9-23(10-12-25)20-35-17-15-22(3)16-18-35/h4-14,19,21-22,32,34H,15-18,20H2,1-3H3,(H,33,36)/b30-29-. The smallest absolute Gasteiger partial charge is 0.258 e. The van der Waals surface area contributed by atoms with E-state index in [1.165, 1.54) is 18.4 Å². The summed E-state index contributed by atoms with van der Waals surface area (Å²) in [4.78, 5) is 15.8. The number of likely N-dealkylation sites (tertiary alicyclic amines) is 1. The first-order chi connectivity index (χ1) is 18.7. The average Bonchev–Trinajstić information content (AvgIpc) is 3.24. The number of rotatable bonds is 8. The Labute approximate surface area is 231 Å². The van der Waals surface area contributed by atoms with E-state index in [-0.39, 0.29) is 5.91 Å². The number of benzene rings is 3. The van der Waals surface area contributed by atoms with Gasteiger partial charge in [0.05, 0.1) is 16.5 Å². The number of nitrogens with zero attached hydrogens (tertiary/aromatic N) is 1. The highest BCUT2D eigenvalue weighted by Gasteiger charge is 2.29. The van der Waals surface area contributed by atoms with Gasteiger partial charge in [0, 0.05) is 29.2 Å². The quantitative estimate of drug-likeness (QED) is 0.303. The first-order valence-electron chi connectivity index (χ1n) is 13.5. The van der Waals surface area contributed by atoms with Crippen LogP contribution < -0.4 is 15.4 Å². The fraction of sp³-hybridized carbons (Fsp3) is 0.323. The van der Waals surface area contributed by atoms with Gasteiger partial charge in [0.2, 0.25) is 10.0 Å². The first kappa shape index (κ1) is 27.0. The summed E-state index contributed by atoms with van der Waals surface area (Å²) < 4.78 is 27.6. The zero-order chi connectivity index (χ0) is 27.6. The Hall–Kier alpha value is -3.62. The van der Waals surface area contributed by atoms with Gasteiger partial charge in [-0.1, -0.05) is 49.4 Å². The molecule has 0 spiro atoms. The molecule has 204 valence electrons. The number of hydrogen-bond acceptors (Lipinski definition) is 5. The molecule has 0 aliphatic carbocycles. The van der Waals surface area contributed by atoms with Gasteiger partial charge in [0.25, 0.3) is 5.91 Å². The monoisotopic (exact) mass is 544 g/mol. The molecule has 0 radical (unpaired) electrons. The minimum atomic E-state index is -3.53. The second-order valence-electron chi connectivity index (χ2n) is 10.8. The molecule has 1 amide bonds. The molecule has 5 rings (SSSR count). The summed E-state index contributed by atoms with van der Waals surface area (Å²) >= 11 is 0. The number of nitrogens with one attached hydrogen (secondary N) is 3. The molecular weight excluding hydrogens is 508 g/mol. The minimum Gasteiger partial charge on any atom is -0.354 e. The van der Waals surface area contributed by atoms with Crippen molar-refractivity contribution < 1.29 is 13.2 Å². The highest BCUT2D eigenvalue weighted by molar-refractivity contribution is 7.93. The molecule has 39 heavy (non-hydrogen) atoms. The Kier molecular flexibility index (Phi) is 7.77. The number of anilines is 3. The van der Waals surface area contributed by atoms with E-state index in [2.05, 4.69) is 39.3 Å². The van der Waals surface area contributed by atoms with E-state index >= 15 is 0 Å². The number of fused-ring (bicyclic) bond motifs is 1. The van der Waals surface area contributed by atoms with E-state index in [9.17, 15) is 13.2 Å². The van der Waals surface area contributed by atoms with Crippen LogP contribution in [0, 0.1) is 5.92 Å². The minimum absolute atomic E-state index is 0.240. The maximum atomic E-state index is 13.3. The second kappa shape index (κ2) is 11.2. The van der Waals surface area contributed by atoms with E-state index in [0.29, 0.717) is 28.2 Å². The third kappa shape index (κ3) is 6.18. The van der Waals surface area contributed by atoms with Crippen molar-refractivity contribution in [3.63, 3.8) is 0 Å². The van der Waals surface area contributed by atoms with E-state index in [4.69, 9.17) is 0 Å². The van der Waals surface area contributed by atoms with Crippen LogP contribution in [0.3, 0.4) is 0 Å². The zero-order valence-electron chi connectivity index (χ0n) is 22.7. The van der Waals surface area contributed by atoms with Crippen LogP contribution in [0.25, 0.3) is 11.3 Å². The van der Waals surface area contributed by atoms with Gasteiger partial charge >= 0.3 is 0 Å². The Balaban J connectivity index is 1.47. The summed E-state index contributed by atoms with van der Waals surface area (Å²) in [6, 6.07) is 23.2. The van der Waals surface area contributed by atoms with Crippen molar-refractivity contribution in [2.24, 2.45) is 5.92 Å². The second-order valence-corrected chi connectivity index (χ2v) is 13.0. The normalized spacial score (nSPS) is 17.6. The van der Waals surface area contributed by atoms with Crippen molar-refractivity contribution in [1.29, 1.82) is 0 Å². The lowest BCUT2D eigenvalue weighted by Gasteiger charge is -2.30. The van der Waals surface area contributed by atoms with Crippen molar-refractivity contribution in [2.45, 2.75) is 45.4 Å². The van der Waals surface area contributed by atoms with Gasteiger partial charge in [-0.05, 0) is 87.2 Å². The molecule has 2 aliphatic rings. The highest BCUT2D eigenvalue weighted by Crippen LogP contribution is 2.39. The Morgan fingerprint density at radius 1 is 0.974 bits per heavy atom. The fourth-order valence-corrected chi connectivity index (χ4v) is 5.65. The van der Waals surface area contributed by atoms with E-state index < -0.39 is 15.3 Å². The van der Waals surface area contributed by atoms with Gasteiger partial charge in [-0.2, -0.15) is 0 Å². The van der Waals surface area contributed by atoms with Gasteiger partial charge in [0.1, 0.15) is 0 Å². The van der Waals surface area contributed by atoms with Gasteiger partial charge in [-0.3, -0.25) is 14.4 Å². The molecule has 0 bridgehead atoms. The summed E-state index contributed by atoms with van der Waals surface area (Å²) in [5.74, 6) is 0.567. The van der Waals surface area contributed by atoms with Crippen molar-refractivity contribution >= 4 is 44.3 Å². The van der Waals surface area contributed by atoms with Crippen LogP contribution in [0.5, 0.6) is 0 Å². The first-order valence-corrected chi connectivity index (χ1v) is 15.1. The molecule has 2 aliphatic heterocycles. The molecule has 1 fully saturated rings. The maximum Gasteiger partial charge on any atom is 0.258 e. The topological polar surface area (TPSA) is 90.5 Å². The molecule has 3 aromatic carbocycles. The number of hydrogen-bond donors (Lipinski definition) is 3. The SMILES string of the molecule is CC1CCN(Cc2ccc(N/C(=C3\C(=O)Nc4ccc(NS(=O)(=O)C(C)C)cc43)c3ccccc3)cc2)CC1. The molecule has 7 nitrogen and oxygen atoms in total. The summed E-state index contributed by atoms with van der Waals surface area (Å²) in [5.41, 5.74) is 5.82. The summed E-state index contributed by atoms with van der Waals surface area (Å²) in [6.45, 7) is 8.78. The molecule has 0 aromatic heterocycles. The largest absolute Gasteiger partial charge is 0.354 e. The lowest BCUT2D eigenvalue weighted by atomic mass is 9.98. The third-order valence-electron chi connectivity index (χ3n) is 7.46. The molecule has 2 heterocycles. The molecule has 0 unspecified atom stereocenters. The van der Waals surface area contributed by atoms with Crippen LogP contribution in [-0.2, 0) is 21.4 Å². The number of carbonyl (C=O) groups is 1. The van der Waals surface area contributed by atoms with Crippen LogP contribution in [0.4, 0.5) is 17.1 Å². The molecule has 0 saturated carbocycles. The molecule has 1 saturated heterocycles. The Morgan fingerprint density at radius 3 is 2.31 bits per heavy atom. The van der Waals surface area contributed by atoms with Crippen molar-refractivity contribution in [2.75, 3.05) is 28.4 Å². The lowest BCUT2D eigenvalue weighted by molar-refractivity contribution is -0.110. The highest BCUT2D eigenvalue weighted by atomic mass is 32.2. The Bertz CT molecular complexity index is 1470. The Morgan fingerprint density at radius 2 is 1.64 bits per heavy atom. The fourth-order valence-electron chi connectivity index (χ4n) is 4.96. The summed E-state index contributed by atoms with van der Waals surface area (Å²) in [6.07, 6.45) is 2.50. The van der Waals surface area contributed by atoms with Gasteiger partial charge in [-0.25, -0.2) is 8.42 Å². The van der Waals surface area contributed by atoms with Crippen LogP contribution in [0.15, 0.2) is 72.8 Å². The zero-order valence-corrected chi connectivity index (χ0v) is 23.5. The van der Waals surface area contributed by atoms with Crippen LogP contribution in [0.1, 0.15) is 50.3 Å². The number of carbonyl (C=O) groups excluding carboxylic acids is 1. The van der Waals surface area contributed by atoms with Crippen LogP contribution in [0.2, 0.25) is 0 Å². The van der Waals surface area contributed by atoms with Crippen LogP contribution in [-0.4, -0.2) is 37.6 Å². The van der Waals surface area contributed by atoms with Crippen molar-refractivity contribution in [3.05, 3.63) is 89.5 Å². The summed E-state index contributed by atoms with van der Waals surface area (Å²) in [7, 11) is -3.53. The summed E-state index contributed by atoms with van der Waals surface area (Å²) in [5, 5.41) is 5.85. The molecular formula is C31H36N4O3S. The number of amides is 1. The van der Waals surface area contributed by atoms with E-state index in [1.807, 2.05) is 42.5 Å². The van der Waals surface area contributed by atoms with E-state index in [0.717, 1.165) is 36.8 Å². The van der Waals surface area contributed by atoms with Gasteiger partial charge < -0.3 is 10.6 Å². The van der Waals surface area contributed by atoms with Crippen LogP contribution >= 0.6 is 0 Å². The van der Waals surface area contributed by atoms with E-state index in [1.54, 1.807) is 32.0 Å². The lowest BCUT2D eigenvalue weighted by Crippen LogP contribution is -2.32. The average molecular weight is 545 g/mol. The molecule has 3 aromatic rings. The van der Waals surface area contributed by atoms with Gasteiger partial charge in [-0.15, -0.1) is 0 Å². The predicted octanol–water partition coefficient (Wildman–Crippen LogP) is 6.00. The maximum absolute atomic E-state index is 13.3. The number of sulfonamides is 1. The third-order valence-corrected chi connectivity index (χ3v) is 9.22. The van der Waals surface area contributed by atoms with Crippen molar-refractivity contribution in [3.8, 4) is 0 Å². The van der Waals surface area contributed by atoms with Gasteiger partial charge in [0.15, 0.2) is 0 Å². The number of piperidine rings is 1. The van der Waals surface area contributed by atoms with Crippen molar-refractivity contribution in [1.82, 2.24) is 4.90 Å². The molecule has 0 atom stereocenters. The molecule has 3 N–H and O–H groups in total. The predicted molar refractivity (Wildman–Crippen MR) is 160 cm³/mol.